The minimum absolute atomic E-state index is 0. The van der Waals surface area contributed by atoms with Crippen LogP contribution in [-0.4, -0.2) is 72.2 Å². The lowest BCUT2D eigenvalue weighted by Gasteiger charge is -2.25. The molecule has 8 nitrogen and oxygen atoms in total. The molecule has 3 N–H and O–H groups in total. The van der Waals surface area contributed by atoms with Gasteiger partial charge in [0, 0.05) is 32.8 Å². The lowest BCUT2D eigenvalue weighted by Crippen LogP contribution is -2.46. The van der Waals surface area contributed by atoms with Crippen LogP contribution in [0.1, 0.15) is 32.6 Å². The Hall–Kier alpha value is -0.170. The summed E-state index contributed by atoms with van der Waals surface area (Å²) in [6.07, 6.45) is 4.58. The largest absolute Gasteiger partial charge is 0.379 e. The Labute approximate surface area is 174 Å². The van der Waals surface area contributed by atoms with Crippen LogP contribution in [0, 0.1) is 5.92 Å². The molecule has 1 aliphatic carbocycles. The van der Waals surface area contributed by atoms with E-state index >= 15 is 0 Å². The number of ether oxygens (including phenoxy) is 2. The Morgan fingerprint density at radius 3 is 2.69 bits per heavy atom. The average molecular weight is 504 g/mol. The first-order chi connectivity index (χ1) is 12.0. The molecule has 0 bridgehead atoms. The Morgan fingerprint density at radius 2 is 2.12 bits per heavy atom. The van der Waals surface area contributed by atoms with Gasteiger partial charge in [0.25, 0.3) is 0 Å². The first kappa shape index (κ1) is 23.9. The predicted molar refractivity (Wildman–Crippen MR) is 114 cm³/mol. The summed E-state index contributed by atoms with van der Waals surface area (Å²) in [4.78, 5) is 4.12. The van der Waals surface area contributed by atoms with Gasteiger partial charge >= 0.3 is 0 Å². The van der Waals surface area contributed by atoms with Crippen molar-refractivity contribution in [2.45, 2.75) is 44.8 Å². The van der Waals surface area contributed by atoms with Gasteiger partial charge in [-0.25, -0.2) is 13.1 Å². The molecule has 1 saturated heterocycles. The summed E-state index contributed by atoms with van der Waals surface area (Å²) in [6, 6.07) is 0.0696. The maximum atomic E-state index is 12.0. The van der Waals surface area contributed by atoms with E-state index in [0.717, 1.165) is 25.9 Å². The number of sulfonamides is 1. The van der Waals surface area contributed by atoms with Gasteiger partial charge in [0.2, 0.25) is 10.0 Å². The topological polar surface area (TPSA) is 101 Å². The van der Waals surface area contributed by atoms with E-state index in [9.17, 15) is 8.42 Å². The van der Waals surface area contributed by atoms with Crippen LogP contribution in [0.15, 0.2) is 4.99 Å². The van der Waals surface area contributed by atoms with Crippen molar-refractivity contribution in [3.05, 3.63) is 0 Å². The van der Waals surface area contributed by atoms with Gasteiger partial charge in [-0.1, -0.05) is 6.42 Å². The number of hydrogen-bond donors (Lipinski definition) is 3. The molecule has 0 aromatic heterocycles. The molecule has 2 atom stereocenters. The fourth-order valence-electron chi connectivity index (χ4n) is 2.71. The van der Waals surface area contributed by atoms with Gasteiger partial charge in [-0.05, 0) is 32.1 Å². The Kier molecular flexibility index (Phi) is 11.3. The third-order valence-corrected chi connectivity index (χ3v) is 5.90. The molecular weight excluding hydrogens is 471 g/mol. The molecule has 26 heavy (non-hydrogen) atoms. The monoisotopic (exact) mass is 504 g/mol. The smallest absolute Gasteiger partial charge is 0.213 e. The zero-order valence-corrected chi connectivity index (χ0v) is 18.8. The van der Waals surface area contributed by atoms with E-state index in [1.807, 2.05) is 6.92 Å². The van der Waals surface area contributed by atoms with E-state index in [0.29, 0.717) is 38.2 Å². The summed E-state index contributed by atoms with van der Waals surface area (Å²) in [5.41, 5.74) is 0. The fourth-order valence-corrected chi connectivity index (χ4v) is 3.72. The van der Waals surface area contributed by atoms with E-state index in [1.54, 1.807) is 7.05 Å². The molecule has 0 aromatic carbocycles. The maximum Gasteiger partial charge on any atom is 0.213 e. The van der Waals surface area contributed by atoms with Crippen molar-refractivity contribution in [1.82, 2.24) is 15.4 Å². The van der Waals surface area contributed by atoms with Gasteiger partial charge in [-0.3, -0.25) is 4.99 Å². The second-order valence-corrected chi connectivity index (χ2v) is 8.75. The second-order valence-electron chi connectivity index (χ2n) is 6.83. The summed E-state index contributed by atoms with van der Waals surface area (Å²) < 4.78 is 37.7. The third kappa shape index (κ3) is 9.16. The van der Waals surface area contributed by atoms with Crippen molar-refractivity contribution in [3.63, 3.8) is 0 Å². The molecule has 1 aliphatic heterocycles. The fraction of sp³-hybridized carbons (Fsp3) is 0.938. The summed E-state index contributed by atoms with van der Waals surface area (Å²) in [5, 5.41) is 6.24. The molecule has 0 spiro atoms. The van der Waals surface area contributed by atoms with Gasteiger partial charge in [-0.2, -0.15) is 0 Å². The number of guanidine groups is 1. The second kappa shape index (κ2) is 12.3. The summed E-state index contributed by atoms with van der Waals surface area (Å²) >= 11 is 0. The first-order valence-corrected chi connectivity index (χ1v) is 10.8. The Bertz CT molecular complexity index is 522. The minimum Gasteiger partial charge on any atom is -0.379 e. The number of nitrogens with one attached hydrogen (secondary N) is 3. The van der Waals surface area contributed by atoms with Crippen LogP contribution in [-0.2, 0) is 19.5 Å². The molecule has 0 aromatic rings. The van der Waals surface area contributed by atoms with Crippen molar-refractivity contribution in [3.8, 4) is 0 Å². The summed E-state index contributed by atoms with van der Waals surface area (Å²) in [6.45, 7) is 4.85. The molecule has 2 aliphatic rings. The van der Waals surface area contributed by atoms with E-state index in [4.69, 9.17) is 9.47 Å². The molecule has 1 heterocycles. The SMILES string of the molecule is CN=C(NCCS(=O)(=O)NCC1CCC1)NC(C)COC1CCOC1.I. The van der Waals surface area contributed by atoms with Crippen LogP contribution in [0.4, 0.5) is 0 Å². The van der Waals surface area contributed by atoms with E-state index in [1.165, 1.54) is 6.42 Å². The maximum absolute atomic E-state index is 12.0. The lowest BCUT2D eigenvalue weighted by molar-refractivity contribution is 0.0348. The van der Waals surface area contributed by atoms with Crippen LogP contribution >= 0.6 is 24.0 Å². The van der Waals surface area contributed by atoms with E-state index in [2.05, 4.69) is 20.3 Å². The highest BCUT2D eigenvalue weighted by molar-refractivity contribution is 14.0. The molecule has 2 rings (SSSR count). The van der Waals surface area contributed by atoms with Gasteiger partial charge in [0.1, 0.15) is 0 Å². The Morgan fingerprint density at radius 1 is 1.35 bits per heavy atom. The highest BCUT2D eigenvalue weighted by Crippen LogP contribution is 2.25. The van der Waals surface area contributed by atoms with Crippen molar-refractivity contribution >= 4 is 40.0 Å². The first-order valence-electron chi connectivity index (χ1n) is 9.12. The van der Waals surface area contributed by atoms with Crippen LogP contribution in [0.2, 0.25) is 0 Å². The van der Waals surface area contributed by atoms with Gasteiger partial charge in [-0.15, -0.1) is 24.0 Å². The zero-order valence-electron chi connectivity index (χ0n) is 15.7. The summed E-state index contributed by atoms with van der Waals surface area (Å²) in [7, 11) is -1.58. The van der Waals surface area contributed by atoms with Crippen LogP contribution in [0.5, 0.6) is 0 Å². The quantitative estimate of drug-likeness (QED) is 0.230. The highest BCUT2D eigenvalue weighted by atomic mass is 127. The van der Waals surface area contributed by atoms with Crippen LogP contribution in [0.25, 0.3) is 0 Å². The molecule has 154 valence electrons. The number of halogens is 1. The van der Waals surface area contributed by atoms with Crippen molar-refractivity contribution in [1.29, 1.82) is 0 Å². The normalized spacial score (nSPS) is 22.4. The van der Waals surface area contributed by atoms with Gasteiger partial charge < -0.3 is 20.1 Å². The predicted octanol–water partition coefficient (Wildman–Crippen LogP) is 0.683. The van der Waals surface area contributed by atoms with Gasteiger partial charge in [0.15, 0.2) is 5.96 Å². The van der Waals surface area contributed by atoms with Crippen molar-refractivity contribution in [2.75, 3.05) is 45.7 Å². The van der Waals surface area contributed by atoms with E-state index in [-0.39, 0.29) is 41.9 Å². The molecule has 0 radical (unpaired) electrons. The standard InChI is InChI=1S/C16H32N4O4S.HI/c1-13(11-24-15-6-8-23-12-15)20-16(17-2)18-7-9-25(21,22)19-10-14-4-3-5-14;/h13-15,19H,3-12H2,1-2H3,(H2,17,18,20);1H. The lowest BCUT2D eigenvalue weighted by atomic mass is 9.86. The molecule has 1 saturated carbocycles. The highest BCUT2D eigenvalue weighted by Gasteiger charge is 2.20. The Balaban J connectivity index is 0.00000338. The minimum atomic E-state index is -3.24. The van der Waals surface area contributed by atoms with Crippen molar-refractivity contribution < 1.29 is 17.9 Å². The number of rotatable bonds is 10. The number of hydrogen-bond acceptors (Lipinski definition) is 5. The molecule has 2 fully saturated rings. The molecule has 0 amide bonds. The zero-order chi connectivity index (χ0) is 18.1. The van der Waals surface area contributed by atoms with Gasteiger partial charge in [0.05, 0.1) is 25.1 Å². The molecular formula is C16H33IN4O4S. The summed E-state index contributed by atoms with van der Waals surface area (Å²) in [5.74, 6) is 1.13. The average Bonchev–Trinajstić information content (AvgIpc) is 3.03. The van der Waals surface area contributed by atoms with Crippen LogP contribution < -0.4 is 15.4 Å². The van der Waals surface area contributed by atoms with E-state index < -0.39 is 10.0 Å². The molecule has 10 heteroatoms. The van der Waals surface area contributed by atoms with Crippen LogP contribution in [0.3, 0.4) is 0 Å². The number of aliphatic imine (C=N–C) groups is 1. The van der Waals surface area contributed by atoms with Crippen molar-refractivity contribution in [2.24, 2.45) is 10.9 Å². The molecule has 2 unspecified atom stereocenters. The third-order valence-electron chi connectivity index (χ3n) is 4.56. The number of nitrogens with zero attached hydrogens (tertiary/aromatic N) is 1.